The smallest absolute Gasteiger partial charge is 0.424 e. The number of hydrogen-bond acceptors (Lipinski definition) is 8. The maximum Gasteiger partial charge on any atom is 0.424 e. The first-order valence-electron chi connectivity index (χ1n) is 13.1. The summed E-state index contributed by atoms with van der Waals surface area (Å²) in [5, 5.41) is 23.9. The van der Waals surface area contributed by atoms with Gasteiger partial charge in [-0.15, -0.1) is 0 Å². The van der Waals surface area contributed by atoms with E-state index in [4.69, 9.17) is 9.47 Å². The van der Waals surface area contributed by atoms with Gasteiger partial charge in [-0.2, -0.15) is 5.10 Å². The fraction of sp³-hybridized carbons (Fsp3) is 0.556. The van der Waals surface area contributed by atoms with Gasteiger partial charge in [0.25, 0.3) is 0 Å². The number of ether oxygens (including phenoxy) is 2. The molecule has 2 aromatic rings. The zero-order valence-corrected chi connectivity index (χ0v) is 22.8. The molecule has 0 radical (unpaired) electrons. The molecule has 1 aromatic carbocycles. The summed E-state index contributed by atoms with van der Waals surface area (Å²) in [5.74, 6) is 0.866. The second-order valence-electron chi connectivity index (χ2n) is 10.2. The predicted molar refractivity (Wildman–Crippen MR) is 144 cm³/mol. The van der Waals surface area contributed by atoms with E-state index in [9.17, 15) is 14.7 Å². The molecule has 11 heteroatoms. The number of nitrogens with zero attached hydrogens (tertiary/aromatic N) is 4. The Bertz CT molecular complexity index is 1190. The molecule has 0 saturated heterocycles. The Morgan fingerprint density at radius 2 is 2.00 bits per heavy atom. The third kappa shape index (κ3) is 5.93. The number of hydrazine groups is 1. The topological polar surface area (TPSA) is 132 Å². The second-order valence-corrected chi connectivity index (χ2v) is 10.2. The van der Waals surface area contributed by atoms with Gasteiger partial charge >= 0.3 is 6.09 Å². The first-order chi connectivity index (χ1) is 18.2. The first kappa shape index (κ1) is 27.4. The number of fused-ring (bicyclic) bond motifs is 1. The number of aromatic amines is 1. The molecule has 1 saturated carbocycles. The van der Waals surface area contributed by atoms with Crippen LogP contribution in [0.2, 0.25) is 0 Å². The van der Waals surface area contributed by atoms with Crippen molar-refractivity contribution in [2.45, 2.75) is 57.5 Å². The number of carbonyl (C=O) groups is 2. The van der Waals surface area contributed by atoms with E-state index < -0.39 is 0 Å². The van der Waals surface area contributed by atoms with E-state index in [1.165, 1.54) is 5.01 Å². The van der Waals surface area contributed by atoms with Gasteiger partial charge in [0.1, 0.15) is 17.6 Å². The Morgan fingerprint density at radius 3 is 2.71 bits per heavy atom. The van der Waals surface area contributed by atoms with Crippen LogP contribution in [-0.4, -0.2) is 84.4 Å². The van der Waals surface area contributed by atoms with Crippen LogP contribution in [-0.2, 0) is 22.4 Å². The number of aliphatic imine (C=N–C) groups is 1. The lowest BCUT2D eigenvalue weighted by atomic mass is 10.0. The Morgan fingerprint density at radius 1 is 1.24 bits per heavy atom. The summed E-state index contributed by atoms with van der Waals surface area (Å²) in [6.07, 6.45) is 5.40. The number of methoxy groups -OCH3 is 1. The first-order valence-corrected chi connectivity index (χ1v) is 13.1. The van der Waals surface area contributed by atoms with Gasteiger partial charge in [0.15, 0.2) is 5.82 Å². The minimum atomic E-state index is -0.375. The van der Waals surface area contributed by atoms with Crippen LogP contribution in [0.15, 0.2) is 17.1 Å². The summed E-state index contributed by atoms with van der Waals surface area (Å²) in [7, 11) is 6.80. The van der Waals surface area contributed by atoms with E-state index in [-0.39, 0.29) is 35.7 Å². The number of phenolic OH excluding ortho intramolecular Hbond substituents is 1. The van der Waals surface area contributed by atoms with E-state index in [2.05, 4.69) is 20.5 Å². The summed E-state index contributed by atoms with van der Waals surface area (Å²) in [4.78, 5) is 29.8. The number of hydrogen-bond donors (Lipinski definition) is 3. The molecule has 206 valence electrons. The Balaban J connectivity index is 1.38. The second kappa shape index (κ2) is 11.8. The lowest BCUT2D eigenvalue weighted by molar-refractivity contribution is -0.119. The van der Waals surface area contributed by atoms with Crippen LogP contribution in [0.25, 0.3) is 0 Å². The van der Waals surface area contributed by atoms with Gasteiger partial charge in [-0.05, 0) is 49.7 Å². The minimum Gasteiger partial charge on any atom is -0.507 e. The molecule has 2 amide bonds. The van der Waals surface area contributed by atoms with Gasteiger partial charge in [0, 0.05) is 69.1 Å². The standard InChI is InChI=1S/C27H38N6O5/c1-6-9-28-15-21-19-11-17(12-20(19)24(37-5)14-23(21)34)26(35)29-25-13-22(30-31-25)16-7-8-18(10-16)38-27(36)33(4)32(2)3/h13-18,34H,6-12H2,1-5H3,(H2,29,30,31,35)/t16-,17-,18+/m0/s1. The molecule has 0 aliphatic heterocycles. The number of H-pyrrole nitrogens is 1. The molecule has 2 aliphatic rings. The Kier molecular flexibility index (Phi) is 8.55. The number of benzene rings is 1. The van der Waals surface area contributed by atoms with Crippen LogP contribution in [0.1, 0.15) is 60.9 Å². The van der Waals surface area contributed by atoms with E-state index in [0.717, 1.165) is 36.1 Å². The third-order valence-corrected chi connectivity index (χ3v) is 7.40. The third-order valence-electron chi connectivity index (χ3n) is 7.40. The SMILES string of the molecule is CCCN=Cc1c(O)cc(OC)c2c1C[C@H](C(=O)Nc1cc([C@H]3CC[C@@H](OC(=O)N(C)N(C)C)C3)[nH]n1)C2. The molecule has 3 N–H and O–H groups in total. The molecule has 4 rings (SSSR count). The molecule has 0 unspecified atom stereocenters. The van der Waals surface area contributed by atoms with Crippen molar-refractivity contribution in [3.63, 3.8) is 0 Å². The molecule has 1 heterocycles. The number of carbonyl (C=O) groups excluding carboxylic acids is 2. The van der Waals surface area contributed by atoms with Crippen LogP contribution in [0.4, 0.5) is 10.6 Å². The molecule has 0 spiro atoms. The fourth-order valence-corrected chi connectivity index (χ4v) is 5.12. The summed E-state index contributed by atoms with van der Waals surface area (Å²) in [6.45, 7) is 2.71. The molecule has 2 aliphatic carbocycles. The van der Waals surface area contributed by atoms with Crippen LogP contribution in [0.3, 0.4) is 0 Å². The highest BCUT2D eigenvalue weighted by Crippen LogP contribution is 2.40. The number of amides is 2. The molecular formula is C27H38N6O5. The lowest BCUT2D eigenvalue weighted by Gasteiger charge is -2.25. The number of aromatic nitrogens is 2. The van der Waals surface area contributed by atoms with Gasteiger partial charge in [-0.3, -0.25) is 14.9 Å². The van der Waals surface area contributed by atoms with E-state index in [1.54, 1.807) is 45.5 Å². The maximum absolute atomic E-state index is 13.2. The number of rotatable bonds is 9. The lowest BCUT2D eigenvalue weighted by Crippen LogP contribution is -2.40. The van der Waals surface area contributed by atoms with Crippen molar-refractivity contribution in [2.75, 3.05) is 40.1 Å². The molecule has 1 fully saturated rings. The predicted octanol–water partition coefficient (Wildman–Crippen LogP) is 3.49. The summed E-state index contributed by atoms with van der Waals surface area (Å²) in [5.41, 5.74) is 3.39. The molecular weight excluding hydrogens is 488 g/mol. The van der Waals surface area contributed by atoms with Crippen molar-refractivity contribution in [2.24, 2.45) is 10.9 Å². The largest absolute Gasteiger partial charge is 0.507 e. The number of anilines is 1. The van der Waals surface area contributed by atoms with Crippen molar-refractivity contribution < 1.29 is 24.2 Å². The van der Waals surface area contributed by atoms with Crippen LogP contribution < -0.4 is 10.1 Å². The normalized spacial score (nSPS) is 20.6. The molecule has 3 atom stereocenters. The molecule has 38 heavy (non-hydrogen) atoms. The monoisotopic (exact) mass is 526 g/mol. The van der Waals surface area contributed by atoms with Gasteiger partial charge in [-0.25, -0.2) is 14.8 Å². The van der Waals surface area contributed by atoms with Crippen LogP contribution >= 0.6 is 0 Å². The Hall–Kier alpha value is -3.60. The summed E-state index contributed by atoms with van der Waals surface area (Å²) in [6, 6.07) is 3.45. The molecule has 1 aromatic heterocycles. The number of phenols is 1. The van der Waals surface area contributed by atoms with Crippen LogP contribution in [0.5, 0.6) is 11.5 Å². The number of aromatic hydroxyl groups is 1. The molecule has 11 nitrogen and oxygen atoms in total. The van der Waals surface area contributed by atoms with Crippen molar-refractivity contribution in [3.8, 4) is 11.5 Å². The maximum atomic E-state index is 13.2. The van der Waals surface area contributed by atoms with Gasteiger partial charge in [0.05, 0.1) is 7.11 Å². The van der Waals surface area contributed by atoms with Crippen molar-refractivity contribution in [1.82, 2.24) is 20.2 Å². The van der Waals surface area contributed by atoms with E-state index in [0.29, 0.717) is 42.9 Å². The van der Waals surface area contributed by atoms with E-state index in [1.807, 2.05) is 13.0 Å². The van der Waals surface area contributed by atoms with Crippen LogP contribution in [0, 0.1) is 5.92 Å². The zero-order valence-electron chi connectivity index (χ0n) is 22.8. The zero-order chi connectivity index (χ0) is 27.4. The fourth-order valence-electron chi connectivity index (χ4n) is 5.12. The van der Waals surface area contributed by atoms with Crippen molar-refractivity contribution in [1.29, 1.82) is 0 Å². The van der Waals surface area contributed by atoms with Gasteiger partial charge in [0.2, 0.25) is 5.91 Å². The minimum absolute atomic E-state index is 0.104. The quantitative estimate of drug-likeness (QED) is 0.337. The summed E-state index contributed by atoms with van der Waals surface area (Å²) >= 11 is 0. The average molecular weight is 527 g/mol. The van der Waals surface area contributed by atoms with Crippen molar-refractivity contribution >= 4 is 24.0 Å². The highest BCUT2D eigenvalue weighted by Gasteiger charge is 2.34. The van der Waals surface area contributed by atoms with Crippen molar-refractivity contribution in [3.05, 3.63) is 34.5 Å². The highest BCUT2D eigenvalue weighted by atomic mass is 16.6. The Labute approximate surface area is 223 Å². The summed E-state index contributed by atoms with van der Waals surface area (Å²) < 4.78 is 11.1. The van der Waals surface area contributed by atoms with Gasteiger partial charge < -0.3 is 19.9 Å². The van der Waals surface area contributed by atoms with Gasteiger partial charge in [-0.1, -0.05) is 6.92 Å². The average Bonchev–Trinajstić information content (AvgIpc) is 3.64. The highest BCUT2D eigenvalue weighted by molar-refractivity contribution is 5.94. The number of nitrogens with one attached hydrogen (secondary N) is 2. The van der Waals surface area contributed by atoms with E-state index >= 15 is 0 Å². The molecule has 0 bridgehead atoms.